The highest BCUT2D eigenvalue weighted by Gasteiger charge is 2.09. The van der Waals surface area contributed by atoms with E-state index in [4.69, 9.17) is 20.1 Å². The van der Waals surface area contributed by atoms with Gasteiger partial charge >= 0.3 is 0 Å². The molecule has 0 saturated heterocycles. The zero-order valence-corrected chi connectivity index (χ0v) is 13.2. The van der Waals surface area contributed by atoms with Crippen molar-refractivity contribution < 1.29 is 14.2 Å². The smallest absolute Gasteiger partial charge is 0.224 e. The van der Waals surface area contributed by atoms with Gasteiger partial charge in [-0.1, -0.05) is 0 Å². The number of nitrogen functional groups attached to an aromatic ring is 1. The number of methoxy groups -OCH3 is 2. The van der Waals surface area contributed by atoms with E-state index >= 15 is 0 Å². The van der Waals surface area contributed by atoms with Crippen LogP contribution >= 0.6 is 15.9 Å². The summed E-state index contributed by atoms with van der Waals surface area (Å²) in [7, 11) is 3.16. The molecule has 3 N–H and O–H groups in total. The van der Waals surface area contributed by atoms with E-state index in [1.165, 1.54) is 0 Å². The molecule has 0 bridgehead atoms. The molecule has 2 rings (SSSR count). The van der Waals surface area contributed by atoms with Gasteiger partial charge < -0.3 is 19.6 Å². The third-order valence-corrected chi connectivity index (χ3v) is 3.14. The summed E-state index contributed by atoms with van der Waals surface area (Å²) in [5.41, 5.74) is 2.47. The first-order chi connectivity index (χ1) is 10.2. The van der Waals surface area contributed by atoms with E-state index in [0.29, 0.717) is 23.3 Å². The summed E-state index contributed by atoms with van der Waals surface area (Å²) in [6.45, 7) is 0.260. The van der Waals surface area contributed by atoms with Crippen LogP contribution in [0.5, 0.6) is 17.4 Å². The first-order valence-electron chi connectivity index (χ1n) is 6.01. The van der Waals surface area contributed by atoms with Gasteiger partial charge in [-0.2, -0.15) is 4.98 Å². The number of anilines is 1. The zero-order chi connectivity index (χ0) is 15.2. The van der Waals surface area contributed by atoms with E-state index < -0.39 is 0 Å². The van der Waals surface area contributed by atoms with E-state index in [2.05, 4.69) is 31.3 Å². The number of hydrogen-bond donors (Lipinski definition) is 2. The van der Waals surface area contributed by atoms with Gasteiger partial charge in [-0.05, 0) is 34.1 Å². The molecule has 2 aromatic rings. The maximum absolute atomic E-state index is 5.73. The maximum Gasteiger partial charge on any atom is 0.224 e. The van der Waals surface area contributed by atoms with Gasteiger partial charge in [0.2, 0.25) is 5.88 Å². The van der Waals surface area contributed by atoms with Gasteiger partial charge in [0.25, 0.3) is 0 Å². The molecule has 0 radical (unpaired) electrons. The van der Waals surface area contributed by atoms with E-state index in [1.807, 2.05) is 0 Å². The fraction of sp³-hybridized carbons (Fsp3) is 0.231. The Labute approximate surface area is 130 Å². The van der Waals surface area contributed by atoms with Crippen LogP contribution in [-0.4, -0.2) is 24.2 Å². The second-order valence-electron chi connectivity index (χ2n) is 3.98. The molecule has 0 amide bonds. The molecule has 0 aliphatic rings. The number of nitrogens with zero attached hydrogens (tertiary/aromatic N) is 2. The Hall–Kier alpha value is -1.90. The monoisotopic (exact) mass is 354 g/mol. The van der Waals surface area contributed by atoms with Gasteiger partial charge in [0.15, 0.2) is 5.82 Å². The van der Waals surface area contributed by atoms with Crippen molar-refractivity contribution in [1.29, 1.82) is 0 Å². The molecule has 0 aliphatic heterocycles. The van der Waals surface area contributed by atoms with Crippen molar-refractivity contribution >= 4 is 21.7 Å². The lowest BCUT2D eigenvalue weighted by molar-refractivity contribution is 0.177. The van der Waals surface area contributed by atoms with Crippen molar-refractivity contribution in [3.8, 4) is 17.4 Å². The van der Waals surface area contributed by atoms with Crippen LogP contribution < -0.4 is 20.7 Å². The first-order valence-corrected chi connectivity index (χ1v) is 6.80. The molecule has 0 unspecified atom stereocenters. The van der Waals surface area contributed by atoms with Crippen LogP contribution in [0.15, 0.2) is 28.7 Å². The van der Waals surface area contributed by atoms with Crippen molar-refractivity contribution in [2.24, 2.45) is 5.84 Å². The predicted molar refractivity (Wildman–Crippen MR) is 81.3 cm³/mol. The predicted octanol–water partition coefficient (Wildman–Crippen LogP) is 2.47. The number of ether oxygens (including phenoxy) is 3. The van der Waals surface area contributed by atoms with E-state index in [-0.39, 0.29) is 6.61 Å². The van der Waals surface area contributed by atoms with Crippen molar-refractivity contribution in [1.82, 2.24) is 9.97 Å². The third kappa shape index (κ3) is 4.03. The minimum absolute atomic E-state index is 0.260. The number of hydrazine groups is 1. The van der Waals surface area contributed by atoms with Crippen molar-refractivity contribution in [2.75, 3.05) is 19.6 Å². The van der Waals surface area contributed by atoms with Crippen molar-refractivity contribution in [3.63, 3.8) is 0 Å². The number of hydrogen-bond acceptors (Lipinski definition) is 7. The Balaban J connectivity index is 2.27. The molecule has 0 saturated carbocycles. The highest BCUT2D eigenvalue weighted by molar-refractivity contribution is 9.10. The number of nitrogens with one attached hydrogen (secondary N) is 1. The molecular weight excluding hydrogens is 340 g/mol. The Morgan fingerprint density at radius 2 is 2.05 bits per heavy atom. The first kappa shape index (κ1) is 15.5. The Kier molecular flexibility index (Phi) is 5.32. The summed E-state index contributed by atoms with van der Waals surface area (Å²) >= 11 is 3.42. The summed E-state index contributed by atoms with van der Waals surface area (Å²) in [5, 5.41) is 0. The lowest BCUT2D eigenvalue weighted by atomic mass is 10.3. The molecule has 7 nitrogen and oxygen atoms in total. The minimum atomic E-state index is 0.260. The zero-order valence-electron chi connectivity index (χ0n) is 11.6. The van der Waals surface area contributed by atoms with Crippen LogP contribution in [0.4, 0.5) is 5.82 Å². The largest absolute Gasteiger partial charge is 0.497 e. The van der Waals surface area contributed by atoms with E-state index in [1.54, 1.807) is 38.5 Å². The fourth-order valence-electron chi connectivity index (χ4n) is 1.60. The number of benzene rings is 1. The van der Waals surface area contributed by atoms with Gasteiger partial charge in [-0.25, -0.2) is 10.8 Å². The molecule has 1 heterocycles. The Morgan fingerprint density at radius 1 is 1.24 bits per heavy atom. The van der Waals surface area contributed by atoms with Gasteiger partial charge in [0.05, 0.1) is 11.6 Å². The molecule has 1 aromatic heterocycles. The van der Waals surface area contributed by atoms with Crippen LogP contribution in [0, 0.1) is 0 Å². The van der Waals surface area contributed by atoms with Crippen molar-refractivity contribution in [2.45, 2.75) is 6.61 Å². The van der Waals surface area contributed by atoms with Gasteiger partial charge in [-0.15, -0.1) is 0 Å². The summed E-state index contributed by atoms with van der Waals surface area (Å²) in [6, 6.07) is 6.96. The molecule has 0 atom stereocenters. The van der Waals surface area contributed by atoms with Crippen LogP contribution in [0.25, 0.3) is 0 Å². The molecule has 0 spiro atoms. The topological polar surface area (TPSA) is 91.5 Å². The molecule has 112 valence electrons. The molecule has 21 heavy (non-hydrogen) atoms. The molecular formula is C13H15BrN4O3. The molecule has 0 fully saturated rings. The number of rotatable bonds is 6. The van der Waals surface area contributed by atoms with Gasteiger partial charge in [-0.3, -0.25) is 0 Å². The average molecular weight is 355 g/mol. The van der Waals surface area contributed by atoms with Crippen LogP contribution in [0.1, 0.15) is 5.82 Å². The molecule has 8 heteroatoms. The summed E-state index contributed by atoms with van der Waals surface area (Å²) in [4.78, 5) is 8.39. The van der Waals surface area contributed by atoms with Crippen LogP contribution in [-0.2, 0) is 11.3 Å². The SMILES string of the molecule is COCc1nc(NN)cc(Oc2ccc(OC)cc2Br)n1. The minimum Gasteiger partial charge on any atom is -0.497 e. The van der Waals surface area contributed by atoms with Crippen LogP contribution in [0.2, 0.25) is 0 Å². The summed E-state index contributed by atoms with van der Waals surface area (Å²) in [5.74, 6) is 7.97. The Bertz CT molecular complexity index is 624. The summed E-state index contributed by atoms with van der Waals surface area (Å²) < 4.78 is 16.6. The average Bonchev–Trinajstić information content (AvgIpc) is 2.49. The molecule has 0 aliphatic carbocycles. The van der Waals surface area contributed by atoms with E-state index in [9.17, 15) is 0 Å². The Morgan fingerprint density at radius 3 is 2.67 bits per heavy atom. The number of nitrogens with two attached hydrogens (primary N) is 1. The van der Waals surface area contributed by atoms with Gasteiger partial charge in [0, 0.05) is 13.2 Å². The second-order valence-corrected chi connectivity index (χ2v) is 4.84. The quantitative estimate of drug-likeness (QED) is 0.608. The standard InChI is InChI=1S/C13H15BrN4O3/c1-19-7-12-16-11(18-15)6-13(17-12)21-10-4-3-8(20-2)5-9(10)14/h3-6H,7,15H2,1-2H3,(H,16,17,18). The second kappa shape index (κ2) is 7.21. The third-order valence-electron chi connectivity index (χ3n) is 2.52. The molecule has 1 aromatic carbocycles. The number of halogens is 1. The fourth-order valence-corrected chi connectivity index (χ4v) is 2.04. The maximum atomic E-state index is 5.73. The summed E-state index contributed by atoms with van der Waals surface area (Å²) in [6.07, 6.45) is 0. The highest BCUT2D eigenvalue weighted by atomic mass is 79.9. The normalized spacial score (nSPS) is 10.3. The lowest BCUT2D eigenvalue weighted by Gasteiger charge is -2.10. The highest BCUT2D eigenvalue weighted by Crippen LogP contribution is 2.32. The van der Waals surface area contributed by atoms with Gasteiger partial charge in [0.1, 0.15) is 23.9 Å². The van der Waals surface area contributed by atoms with Crippen LogP contribution in [0.3, 0.4) is 0 Å². The lowest BCUT2D eigenvalue weighted by Crippen LogP contribution is -2.11. The van der Waals surface area contributed by atoms with Crippen molar-refractivity contribution in [3.05, 3.63) is 34.6 Å². The number of aromatic nitrogens is 2. The van der Waals surface area contributed by atoms with E-state index in [0.717, 1.165) is 10.2 Å².